The molecule has 1 spiro atoms. The lowest BCUT2D eigenvalue weighted by molar-refractivity contribution is -0.142. The Bertz CT molecular complexity index is 1090. The van der Waals surface area contributed by atoms with Crippen molar-refractivity contribution in [1.82, 2.24) is 4.98 Å². The van der Waals surface area contributed by atoms with E-state index in [1.165, 1.54) is 12.3 Å². The summed E-state index contributed by atoms with van der Waals surface area (Å²) in [6.45, 7) is 1.78. The van der Waals surface area contributed by atoms with E-state index >= 15 is 0 Å². The number of nitrogens with one attached hydrogen (secondary N) is 1. The highest BCUT2D eigenvalue weighted by Gasteiger charge is 2.43. The van der Waals surface area contributed by atoms with Crippen LogP contribution >= 0.6 is 0 Å². The summed E-state index contributed by atoms with van der Waals surface area (Å²) in [7, 11) is 0. The van der Waals surface area contributed by atoms with E-state index in [-0.39, 0.29) is 23.4 Å². The third-order valence-electron chi connectivity index (χ3n) is 8.06. The van der Waals surface area contributed by atoms with Gasteiger partial charge >= 0.3 is 12.1 Å². The highest BCUT2D eigenvalue weighted by atomic mass is 19.4. The van der Waals surface area contributed by atoms with Crippen LogP contribution in [0.1, 0.15) is 74.5 Å². The highest BCUT2D eigenvalue weighted by Crippen LogP contribution is 2.49. The van der Waals surface area contributed by atoms with Gasteiger partial charge in [0.15, 0.2) is 0 Å². The Balaban J connectivity index is 1.28. The maximum Gasteiger partial charge on any atom is 0.419 e. The Morgan fingerprint density at radius 3 is 2.57 bits per heavy atom. The molecule has 0 radical (unpaired) electrons. The Labute approximate surface area is 203 Å². The molecule has 1 aromatic carbocycles. The second-order valence-corrected chi connectivity index (χ2v) is 10.5. The van der Waals surface area contributed by atoms with E-state index in [2.05, 4.69) is 22.4 Å². The molecular formula is C27H31F3N2O3. The molecular weight excluding hydrogens is 457 g/mol. The van der Waals surface area contributed by atoms with Gasteiger partial charge in [-0.05, 0) is 92.5 Å². The molecule has 2 atom stereocenters. The minimum atomic E-state index is -4.45. The number of hydrogen-bond donors (Lipinski definition) is 2. The zero-order chi connectivity index (χ0) is 24.8. The van der Waals surface area contributed by atoms with Crippen molar-refractivity contribution in [2.75, 3.05) is 5.32 Å². The van der Waals surface area contributed by atoms with Crippen molar-refractivity contribution in [3.05, 3.63) is 53.2 Å². The number of rotatable bonds is 6. The fraction of sp³-hybridized carbons (Fsp3) is 0.556. The number of benzene rings is 1. The third kappa shape index (κ3) is 4.98. The summed E-state index contributed by atoms with van der Waals surface area (Å²) in [6.07, 6.45) is 3.71. The van der Waals surface area contributed by atoms with Crippen LogP contribution < -0.4 is 10.1 Å². The number of aromatic nitrogens is 1. The minimum absolute atomic E-state index is 0.0135. The first kappa shape index (κ1) is 23.9. The molecule has 0 bridgehead atoms. The van der Waals surface area contributed by atoms with Gasteiger partial charge in [0.25, 0.3) is 0 Å². The van der Waals surface area contributed by atoms with Gasteiger partial charge in [-0.25, -0.2) is 4.98 Å². The molecule has 2 N–H and O–H groups in total. The van der Waals surface area contributed by atoms with Gasteiger partial charge in [0.05, 0.1) is 11.5 Å². The SMILES string of the molecule is C[C@H](C(=O)O)C(c1ccc2c(c1)OC1(CC2)CCC(Nc2ncccc2C(F)(F)F)CC1)C1CC1. The summed E-state index contributed by atoms with van der Waals surface area (Å²) in [6, 6.07) is 8.45. The number of pyridine rings is 1. The van der Waals surface area contributed by atoms with Crippen molar-refractivity contribution < 1.29 is 27.8 Å². The van der Waals surface area contributed by atoms with Crippen LogP contribution in [0.15, 0.2) is 36.5 Å². The average molecular weight is 489 g/mol. The normalized spacial score (nSPS) is 25.9. The number of anilines is 1. The predicted octanol–water partition coefficient (Wildman–Crippen LogP) is 6.43. The maximum absolute atomic E-state index is 13.3. The summed E-state index contributed by atoms with van der Waals surface area (Å²) in [5.74, 6) is -0.101. The van der Waals surface area contributed by atoms with Crippen molar-refractivity contribution in [2.45, 2.75) is 82.0 Å². The molecule has 5 nitrogen and oxygen atoms in total. The van der Waals surface area contributed by atoms with Gasteiger partial charge in [0.1, 0.15) is 17.2 Å². The van der Waals surface area contributed by atoms with E-state index in [0.717, 1.165) is 61.5 Å². The van der Waals surface area contributed by atoms with Gasteiger partial charge < -0.3 is 15.2 Å². The first-order valence-electron chi connectivity index (χ1n) is 12.5. The standard InChI is InChI=1S/C27H31F3N2O3/c1-16(25(33)34)23(18-5-6-18)19-7-4-17-8-11-26(35-22(17)15-19)12-9-20(10-13-26)32-24-21(27(28,29)30)3-2-14-31-24/h2-4,7,14-16,18,20,23H,5-6,8-13H2,1H3,(H,31,32)(H,33,34)/t16-,20?,23?,26?/m0/s1. The lowest BCUT2D eigenvalue weighted by Gasteiger charge is -2.44. The predicted molar refractivity (Wildman–Crippen MR) is 126 cm³/mol. The summed E-state index contributed by atoms with van der Waals surface area (Å²) < 4.78 is 46.6. The Hall–Kier alpha value is -2.77. The van der Waals surface area contributed by atoms with Gasteiger partial charge in [-0.1, -0.05) is 19.1 Å². The van der Waals surface area contributed by atoms with E-state index in [9.17, 15) is 23.1 Å². The molecule has 2 saturated carbocycles. The lowest BCUT2D eigenvalue weighted by Crippen LogP contribution is -2.45. The molecule has 5 rings (SSSR count). The number of nitrogens with zero attached hydrogens (tertiary/aromatic N) is 1. The number of carboxylic acids is 1. The van der Waals surface area contributed by atoms with E-state index < -0.39 is 23.6 Å². The van der Waals surface area contributed by atoms with Crippen molar-refractivity contribution in [2.24, 2.45) is 11.8 Å². The number of fused-ring (bicyclic) bond motifs is 1. The van der Waals surface area contributed by atoms with Crippen LogP contribution in [0.5, 0.6) is 5.75 Å². The molecule has 1 aromatic heterocycles. The molecule has 2 aliphatic carbocycles. The number of alkyl halides is 3. The number of aryl methyl sites for hydroxylation is 1. The molecule has 8 heteroatoms. The largest absolute Gasteiger partial charge is 0.487 e. The molecule has 0 saturated heterocycles. The summed E-state index contributed by atoms with van der Waals surface area (Å²) >= 11 is 0. The average Bonchev–Trinajstić information content (AvgIpc) is 3.65. The van der Waals surface area contributed by atoms with Gasteiger partial charge in [0, 0.05) is 12.2 Å². The quantitative estimate of drug-likeness (QED) is 0.490. The van der Waals surface area contributed by atoms with Crippen LogP contribution in [0.3, 0.4) is 0 Å². The summed E-state index contributed by atoms with van der Waals surface area (Å²) in [5, 5.41) is 12.6. The highest BCUT2D eigenvalue weighted by molar-refractivity contribution is 5.71. The first-order valence-corrected chi connectivity index (χ1v) is 12.5. The monoisotopic (exact) mass is 488 g/mol. The first-order chi connectivity index (χ1) is 16.7. The number of carboxylic acid groups (broad SMARTS) is 1. The topological polar surface area (TPSA) is 71.5 Å². The fourth-order valence-corrected chi connectivity index (χ4v) is 5.89. The number of carbonyl (C=O) groups is 1. The second-order valence-electron chi connectivity index (χ2n) is 10.5. The van der Waals surface area contributed by atoms with Gasteiger partial charge in [-0.15, -0.1) is 0 Å². The smallest absolute Gasteiger partial charge is 0.419 e. The molecule has 1 unspecified atom stereocenters. The second kappa shape index (κ2) is 9.03. The van der Waals surface area contributed by atoms with Crippen LogP contribution in [0.4, 0.5) is 19.0 Å². The van der Waals surface area contributed by atoms with Crippen LogP contribution in [-0.2, 0) is 17.4 Å². The Morgan fingerprint density at radius 2 is 1.91 bits per heavy atom. The molecule has 3 aliphatic rings. The number of halogens is 3. The number of aliphatic carboxylic acids is 1. The van der Waals surface area contributed by atoms with Crippen LogP contribution in [0.25, 0.3) is 0 Å². The van der Waals surface area contributed by atoms with Gasteiger partial charge in [-0.2, -0.15) is 13.2 Å². The lowest BCUT2D eigenvalue weighted by atomic mass is 9.76. The zero-order valence-electron chi connectivity index (χ0n) is 19.8. The molecule has 2 aromatic rings. The van der Waals surface area contributed by atoms with Crippen molar-refractivity contribution in [3.8, 4) is 5.75 Å². The molecule has 0 amide bonds. The minimum Gasteiger partial charge on any atom is -0.487 e. The molecule has 35 heavy (non-hydrogen) atoms. The third-order valence-corrected chi connectivity index (χ3v) is 8.06. The Kier molecular flexibility index (Phi) is 6.18. The molecule has 1 aliphatic heterocycles. The number of ether oxygens (including phenoxy) is 1. The maximum atomic E-state index is 13.3. The van der Waals surface area contributed by atoms with E-state index in [1.807, 2.05) is 6.07 Å². The summed E-state index contributed by atoms with van der Waals surface area (Å²) in [4.78, 5) is 15.7. The van der Waals surface area contributed by atoms with Crippen LogP contribution in [0, 0.1) is 11.8 Å². The van der Waals surface area contributed by atoms with E-state index in [1.54, 1.807) is 6.92 Å². The van der Waals surface area contributed by atoms with Gasteiger partial charge in [0.2, 0.25) is 0 Å². The van der Waals surface area contributed by atoms with Crippen LogP contribution in [0.2, 0.25) is 0 Å². The van der Waals surface area contributed by atoms with E-state index in [0.29, 0.717) is 18.8 Å². The zero-order valence-corrected chi connectivity index (χ0v) is 19.8. The van der Waals surface area contributed by atoms with Crippen LogP contribution in [-0.4, -0.2) is 27.7 Å². The van der Waals surface area contributed by atoms with E-state index in [4.69, 9.17) is 4.74 Å². The number of hydrogen-bond acceptors (Lipinski definition) is 4. The van der Waals surface area contributed by atoms with Gasteiger partial charge in [-0.3, -0.25) is 4.79 Å². The van der Waals surface area contributed by atoms with Crippen molar-refractivity contribution in [1.29, 1.82) is 0 Å². The fourth-order valence-electron chi connectivity index (χ4n) is 5.89. The molecule has 188 valence electrons. The van der Waals surface area contributed by atoms with Crippen molar-refractivity contribution >= 4 is 11.8 Å². The summed E-state index contributed by atoms with van der Waals surface area (Å²) in [5.41, 5.74) is 1.11. The molecule has 2 heterocycles. The Morgan fingerprint density at radius 1 is 1.17 bits per heavy atom. The van der Waals surface area contributed by atoms with Crippen molar-refractivity contribution in [3.63, 3.8) is 0 Å². The molecule has 2 fully saturated rings.